The Morgan fingerprint density at radius 2 is 2.50 bits per heavy atom. The van der Waals surface area contributed by atoms with Crippen LogP contribution < -0.4 is 4.50 Å². The van der Waals surface area contributed by atoms with Crippen molar-refractivity contribution in [3.63, 3.8) is 0 Å². The molecule has 1 aromatic rings. The lowest BCUT2D eigenvalue weighted by molar-refractivity contribution is 0.508. The van der Waals surface area contributed by atoms with Crippen molar-refractivity contribution in [3.05, 3.63) is 17.5 Å². The monoisotopic (exact) mass is 199 g/mol. The largest absolute Gasteiger partial charge is 0.435 e. The summed E-state index contributed by atoms with van der Waals surface area (Å²) in [6, 6.07) is 4.05. The first-order chi connectivity index (χ1) is 4.93. The first-order valence-electron chi connectivity index (χ1n) is 2.46. The zero-order chi connectivity index (χ0) is 7.23. The van der Waals surface area contributed by atoms with E-state index in [4.69, 9.17) is 4.12 Å². The van der Waals surface area contributed by atoms with Crippen LogP contribution >= 0.6 is 11.3 Å². The number of thiophene rings is 1. The van der Waals surface area contributed by atoms with Gasteiger partial charge in [0, 0.05) is 4.50 Å². The molecule has 0 unspecified atom stereocenters. The summed E-state index contributed by atoms with van der Waals surface area (Å²) < 4.78 is 10.9. The van der Waals surface area contributed by atoms with Gasteiger partial charge in [0.1, 0.15) is 0 Å². The highest BCUT2D eigenvalue weighted by atomic mass is 32.1. The normalized spacial score (nSPS) is 10.1. The van der Waals surface area contributed by atoms with E-state index < -0.39 is 0 Å². The van der Waals surface area contributed by atoms with Crippen molar-refractivity contribution in [2.24, 2.45) is 0 Å². The third-order valence-corrected chi connectivity index (χ3v) is 3.49. The van der Waals surface area contributed by atoms with Crippen molar-refractivity contribution in [2.75, 3.05) is 0 Å². The summed E-state index contributed by atoms with van der Waals surface area (Å²) in [6.07, 6.45) is 0. The van der Waals surface area contributed by atoms with Crippen molar-refractivity contribution in [3.8, 4) is 0 Å². The lowest BCUT2D eigenvalue weighted by Gasteiger charge is -1.93. The van der Waals surface area contributed by atoms with Crippen LogP contribution in [0.2, 0.25) is 0 Å². The SMILES string of the molecule is [Si]O[Si]O[Si]c1cccs1. The van der Waals surface area contributed by atoms with Gasteiger partial charge in [-0.15, -0.1) is 0 Å². The molecule has 0 aliphatic heterocycles. The maximum absolute atomic E-state index is 5.12. The Morgan fingerprint density at radius 3 is 3.10 bits per heavy atom. The van der Waals surface area contributed by atoms with Gasteiger partial charge in [-0.1, -0.05) is 12.1 Å². The van der Waals surface area contributed by atoms with Crippen molar-refractivity contribution >= 4 is 46.1 Å². The molecule has 1 aromatic heterocycles. The van der Waals surface area contributed by atoms with Crippen LogP contribution in [0.25, 0.3) is 0 Å². The van der Waals surface area contributed by atoms with Crippen molar-refractivity contribution in [1.29, 1.82) is 0 Å². The fraction of sp³-hybridized carbons (Fsp3) is 0. The second-order valence-electron chi connectivity index (χ2n) is 1.37. The first-order valence-corrected chi connectivity index (χ1v) is 5.47. The molecule has 0 aliphatic carbocycles. The fourth-order valence-electron chi connectivity index (χ4n) is 0.429. The summed E-state index contributed by atoms with van der Waals surface area (Å²) in [6.45, 7) is 0. The number of rotatable bonds is 4. The Balaban J connectivity index is 2.15. The smallest absolute Gasteiger partial charge is 0.409 e. The van der Waals surface area contributed by atoms with Crippen molar-refractivity contribution in [2.45, 2.75) is 0 Å². The summed E-state index contributed by atoms with van der Waals surface area (Å²) in [5, 5.41) is 2.03. The molecule has 0 fully saturated rings. The first kappa shape index (κ1) is 8.37. The molecule has 1 heterocycles. The Morgan fingerprint density at radius 1 is 1.60 bits per heavy atom. The van der Waals surface area contributed by atoms with E-state index >= 15 is 0 Å². The van der Waals surface area contributed by atoms with E-state index in [-0.39, 0.29) is 10.0 Å². The van der Waals surface area contributed by atoms with Crippen LogP contribution in [0.15, 0.2) is 17.5 Å². The molecule has 10 heavy (non-hydrogen) atoms. The average Bonchev–Trinajstić information content (AvgIpc) is 2.41. The van der Waals surface area contributed by atoms with E-state index in [1.807, 2.05) is 17.5 Å². The molecular weight excluding hydrogens is 196 g/mol. The molecule has 0 aliphatic rings. The predicted octanol–water partition coefficient (Wildman–Crippen LogP) is -0.357. The minimum absolute atomic E-state index is 0.0855. The van der Waals surface area contributed by atoms with E-state index in [2.05, 4.69) is 14.6 Å². The van der Waals surface area contributed by atoms with E-state index in [1.54, 1.807) is 11.3 Å². The molecule has 0 spiro atoms. The van der Waals surface area contributed by atoms with E-state index in [9.17, 15) is 0 Å². The van der Waals surface area contributed by atoms with Gasteiger partial charge in [0.05, 0.1) is 0 Å². The Labute approximate surface area is 72.1 Å². The van der Waals surface area contributed by atoms with Crippen LogP contribution in [0.5, 0.6) is 0 Å². The van der Waals surface area contributed by atoms with E-state index in [0.717, 1.165) is 0 Å². The van der Waals surface area contributed by atoms with Crippen LogP contribution in [-0.2, 0) is 8.23 Å². The summed E-state index contributed by atoms with van der Waals surface area (Å²) in [7, 11) is 3.35. The highest BCUT2D eigenvalue weighted by molar-refractivity contribution is 7.19. The van der Waals surface area contributed by atoms with Gasteiger partial charge in [0.25, 0.3) is 9.76 Å². The van der Waals surface area contributed by atoms with Crippen LogP contribution in [0, 0.1) is 0 Å². The van der Waals surface area contributed by atoms with E-state index in [1.165, 1.54) is 4.50 Å². The van der Waals surface area contributed by atoms with Crippen molar-refractivity contribution in [1.82, 2.24) is 0 Å². The molecule has 2 nitrogen and oxygen atoms in total. The predicted molar refractivity (Wildman–Crippen MR) is 43.4 cm³/mol. The summed E-state index contributed by atoms with van der Waals surface area (Å²) in [4.78, 5) is 0. The minimum atomic E-state index is 0.0855. The molecule has 0 atom stereocenters. The third-order valence-electron chi connectivity index (χ3n) is 0.756. The maximum atomic E-state index is 5.12. The average molecular weight is 199 g/mol. The van der Waals surface area contributed by atoms with Crippen LogP contribution in [-0.4, -0.2) is 30.3 Å². The molecule has 0 N–H and O–H groups in total. The second-order valence-corrected chi connectivity index (χ2v) is 5.22. The van der Waals surface area contributed by atoms with Gasteiger partial charge in [-0.05, 0) is 5.38 Å². The lowest BCUT2D eigenvalue weighted by atomic mass is 10.7. The van der Waals surface area contributed by atoms with Crippen molar-refractivity contribution < 1.29 is 8.23 Å². The molecule has 0 bridgehead atoms. The molecule has 0 aromatic carbocycles. The maximum Gasteiger partial charge on any atom is 0.409 e. The van der Waals surface area contributed by atoms with Gasteiger partial charge < -0.3 is 8.23 Å². The number of hydrogen-bond acceptors (Lipinski definition) is 3. The van der Waals surface area contributed by atoms with Gasteiger partial charge in [0.15, 0.2) is 0 Å². The molecule has 7 radical (unpaired) electrons. The number of hydrogen-bond donors (Lipinski definition) is 0. The summed E-state index contributed by atoms with van der Waals surface area (Å²) in [5.41, 5.74) is 0. The van der Waals surface area contributed by atoms with Crippen LogP contribution in [0.1, 0.15) is 0 Å². The Bertz CT molecular complexity index is 167. The minimum Gasteiger partial charge on any atom is -0.435 e. The highest BCUT2D eigenvalue weighted by Crippen LogP contribution is 1.90. The van der Waals surface area contributed by atoms with Gasteiger partial charge in [-0.25, -0.2) is 0 Å². The molecule has 6 heteroatoms. The Kier molecular flexibility index (Phi) is 4.18. The summed E-state index contributed by atoms with van der Waals surface area (Å²) >= 11 is 1.69. The topological polar surface area (TPSA) is 18.5 Å². The quantitative estimate of drug-likeness (QED) is 0.487. The van der Waals surface area contributed by atoms with Gasteiger partial charge in [0.2, 0.25) is 10.5 Å². The molecular formula is C4H3O2SSi3. The van der Waals surface area contributed by atoms with Crippen LogP contribution in [0.4, 0.5) is 0 Å². The van der Waals surface area contributed by atoms with Gasteiger partial charge in [-0.3, -0.25) is 0 Å². The second kappa shape index (κ2) is 4.99. The zero-order valence-corrected chi connectivity index (χ0v) is 8.77. The third kappa shape index (κ3) is 2.90. The zero-order valence-electron chi connectivity index (χ0n) is 4.96. The molecule has 0 amide bonds. The standard InChI is InChI=1S/C4H3O2SSi3/c8-5-10-6-9-4-2-1-3-7-4/h1-3H. The van der Waals surface area contributed by atoms with E-state index in [0.29, 0.717) is 9.76 Å². The summed E-state index contributed by atoms with van der Waals surface area (Å²) in [5.74, 6) is 0. The molecule has 0 saturated carbocycles. The molecule has 1 rings (SSSR count). The molecule has 0 saturated heterocycles. The highest BCUT2D eigenvalue weighted by Gasteiger charge is 1.96. The fourth-order valence-corrected chi connectivity index (χ4v) is 2.94. The molecule has 49 valence electrons. The van der Waals surface area contributed by atoms with Crippen LogP contribution in [0.3, 0.4) is 0 Å². The van der Waals surface area contributed by atoms with Gasteiger partial charge >= 0.3 is 10.0 Å². The lowest BCUT2D eigenvalue weighted by Crippen LogP contribution is -2.16. The Hall–Kier alpha value is 0.271. The van der Waals surface area contributed by atoms with Gasteiger partial charge in [-0.2, -0.15) is 11.3 Å².